The molecule has 1 aliphatic heterocycles. The zero-order valence-electron chi connectivity index (χ0n) is 8.13. The molecule has 0 bridgehead atoms. The third-order valence-corrected chi connectivity index (χ3v) is 1.94. The fourth-order valence-electron chi connectivity index (χ4n) is 1.37. The average molecular weight is 173 g/mol. The molecule has 1 heterocycles. The molecule has 2 unspecified atom stereocenters. The van der Waals surface area contributed by atoms with E-state index in [1.54, 1.807) is 0 Å². The maximum Gasteiger partial charge on any atom is 0.109 e. The lowest BCUT2D eigenvalue weighted by Crippen LogP contribution is -2.35. The molecular weight excluding hydrogens is 154 g/mol. The smallest absolute Gasteiger partial charge is 0.109 e. The molecule has 0 aromatic heterocycles. The molecule has 1 aliphatic rings. The highest BCUT2D eigenvalue weighted by atomic mass is 16.5. The molecule has 0 saturated carbocycles. The Morgan fingerprint density at radius 3 is 2.58 bits per heavy atom. The molecule has 2 atom stereocenters. The predicted molar refractivity (Wildman–Crippen MR) is 47.8 cm³/mol. The van der Waals surface area contributed by atoms with Gasteiger partial charge in [0.2, 0.25) is 0 Å². The standard InChI is InChI=1S/C9H19NO2/c1-9(2,3)4-8-10-7(5-11)6-12-8/h7-8,10-11H,4-6H2,1-3H3. The summed E-state index contributed by atoms with van der Waals surface area (Å²) in [7, 11) is 0. The van der Waals surface area contributed by atoms with Crippen LogP contribution in [0.15, 0.2) is 0 Å². The fourth-order valence-corrected chi connectivity index (χ4v) is 1.37. The van der Waals surface area contributed by atoms with Gasteiger partial charge < -0.3 is 9.84 Å². The Morgan fingerprint density at radius 1 is 1.50 bits per heavy atom. The molecule has 0 aromatic carbocycles. The minimum atomic E-state index is 0.127. The maximum atomic E-state index is 8.84. The first-order chi connectivity index (χ1) is 5.51. The van der Waals surface area contributed by atoms with E-state index in [0.29, 0.717) is 6.61 Å². The minimum Gasteiger partial charge on any atom is -0.395 e. The van der Waals surface area contributed by atoms with Gasteiger partial charge in [-0.1, -0.05) is 20.8 Å². The van der Waals surface area contributed by atoms with Crippen LogP contribution in [0.25, 0.3) is 0 Å². The zero-order chi connectivity index (χ0) is 9.19. The van der Waals surface area contributed by atoms with Crippen molar-refractivity contribution in [1.82, 2.24) is 5.32 Å². The van der Waals surface area contributed by atoms with E-state index in [9.17, 15) is 0 Å². The first-order valence-electron chi connectivity index (χ1n) is 4.50. The summed E-state index contributed by atoms with van der Waals surface area (Å²) in [4.78, 5) is 0. The molecule has 0 aliphatic carbocycles. The molecule has 0 radical (unpaired) electrons. The van der Waals surface area contributed by atoms with Gasteiger partial charge in [-0.25, -0.2) is 0 Å². The first kappa shape index (κ1) is 9.96. The molecule has 0 amide bonds. The van der Waals surface area contributed by atoms with Crippen LogP contribution in [0.1, 0.15) is 27.2 Å². The largest absolute Gasteiger partial charge is 0.395 e. The Labute approximate surface area is 74.1 Å². The lowest BCUT2D eigenvalue weighted by atomic mass is 9.91. The first-order valence-corrected chi connectivity index (χ1v) is 4.50. The SMILES string of the molecule is CC(C)(C)CC1NC(CO)CO1. The van der Waals surface area contributed by atoms with Crippen molar-refractivity contribution in [2.45, 2.75) is 39.5 Å². The number of rotatable bonds is 2. The van der Waals surface area contributed by atoms with E-state index in [-0.39, 0.29) is 24.3 Å². The lowest BCUT2D eigenvalue weighted by molar-refractivity contribution is 0.0652. The molecule has 0 aromatic rings. The van der Waals surface area contributed by atoms with Gasteiger partial charge in [0.25, 0.3) is 0 Å². The highest BCUT2D eigenvalue weighted by molar-refractivity contribution is 4.78. The summed E-state index contributed by atoms with van der Waals surface area (Å²) >= 11 is 0. The van der Waals surface area contributed by atoms with Crippen molar-refractivity contribution in [1.29, 1.82) is 0 Å². The van der Waals surface area contributed by atoms with Crippen molar-refractivity contribution < 1.29 is 9.84 Å². The normalized spacial score (nSPS) is 31.0. The van der Waals surface area contributed by atoms with Crippen LogP contribution in [0.3, 0.4) is 0 Å². The van der Waals surface area contributed by atoms with Crippen LogP contribution in [0.4, 0.5) is 0 Å². The number of aliphatic hydroxyl groups is 1. The van der Waals surface area contributed by atoms with Crippen LogP contribution >= 0.6 is 0 Å². The molecule has 3 nitrogen and oxygen atoms in total. The van der Waals surface area contributed by atoms with Gasteiger partial charge in [0.15, 0.2) is 0 Å². The molecule has 1 fully saturated rings. The Balaban J connectivity index is 2.28. The van der Waals surface area contributed by atoms with Gasteiger partial charge in [-0.3, -0.25) is 5.32 Å². The van der Waals surface area contributed by atoms with E-state index in [0.717, 1.165) is 6.42 Å². The van der Waals surface area contributed by atoms with Crippen molar-refractivity contribution in [3.05, 3.63) is 0 Å². The van der Waals surface area contributed by atoms with Crippen LogP contribution < -0.4 is 5.32 Å². The number of hydrogen-bond donors (Lipinski definition) is 2. The molecular formula is C9H19NO2. The van der Waals surface area contributed by atoms with E-state index < -0.39 is 0 Å². The van der Waals surface area contributed by atoms with Crippen molar-refractivity contribution >= 4 is 0 Å². The van der Waals surface area contributed by atoms with Crippen LogP contribution in [-0.4, -0.2) is 30.6 Å². The number of nitrogens with one attached hydrogen (secondary N) is 1. The number of aliphatic hydroxyl groups excluding tert-OH is 1. The average Bonchev–Trinajstić information content (AvgIpc) is 2.32. The monoisotopic (exact) mass is 173 g/mol. The van der Waals surface area contributed by atoms with Gasteiger partial charge in [-0.15, -0.1) is 0 Å². The molecule has 72 valence electrons. The third-order valence-electron chi connectivity index (χ3n) is 1.94. The lowest BCUT2D eigenvalue weighted by Gasteiger charge is -2.22. The topological polar surface area (TPSA) is 41.5 Å². The van der Waals surface area contributed by atoms with Crippen molar-refractivity contribution in [2.75, 3.05) is 13.2 Å². The fraction of sp³-hybridized carbons (Fsp3) is 1.00. The Hall–Kier alpha value is -0.120. The summed E-state index contributed by atoms with van der Waals surface area (Å²) in [6, 6.07) is 0.136. The van der Waals surface area contributed by atoms with E-state index in [2.05, 4.69) is 26.1 Å². The van der Waals surface area contributed by atoms with Gasteiger partial charge in [0.05, 0.1) is 19.3 Å². The van der Waals surface area contributed by atoms with Crippen LogP contribution in [0.2, 0.25) is 0 Å². The van der Waals surface area contributed by atoms with E-state index in [1.807, 2.05) is 0 Å². The quantitative estimate of drug-likeness (QED) is 0.647. The second-order valence-electron chi connectivity index (χ2n) is 4.63. The number of ether oxygens (including phenoxy) is 1. The maximum absolute atomic E-state index is 8.84. The summed E-state index contributed by atoms with van der Waals surface area (Å²) < 4.78 is 5.46. The highest BCUT2D eigenvalue weighted by Gasteiger charge is 2.27. The van der Waals surface area contributed by atoms with Gasteiger partial charge in [-0.05, 0) is 11.8 Å². The van der Waals surface area contributed by atoms with Crippen molar-refractivity contribution in [3.8, 4) is 0 Å². The van der Waals surface area contributed by atoms with Gasteiger partial charge in [-0.2, -0.15) is 0 Å². The van der Waals surface area contributed by atoms with Gasteiger partial charge >= 0.3 is 0 Å². The van der Waals surface area contributed by atoms with E-state index in [1.165, 1.54) is 0 Å². The van der Waals surface area contributed by atoms with Gasteiger partial charge in [0, 0.05) is 0 Å². The number of hydrogen-bond acceptors (Lipinski definition) is 3. The van der Waals surface area contributed by atoms with E-state index in [4.69, 9.17) is 9.84 Å². The predicted octanol–water partition coefficient (Wildman–Crippen LogP) is 0.729. The highest BCUT2D eigenvalue weighted by Crippen LogP contribution is 2.23. The Morgan fingerprint density at radius 2 is 2.17 bits per heavy atom. The molecule has 2 N–H and O–H groups in total. The second-order valence-corrected chi connectivity index (χ2v) is 4.63. The van der Waals surface area contributed by atoms with Crippen LogP contribution in [0, 0.1) is 5.41 Å². The van der Waals surface area contributed by atoms with Gasteiger partial charge in [0.1, 0.15) is 6.23 Å². The summed E-state index contributed by atoms with van der Waals surface area (Å²) in [5, 5.41) is 12.1. The van der Waals surface area contributed by atoms with Crippen LogP contribution in [0.5, 0.6) is 0 Å². The molecule has 1 saturated heterocycles. The Kier molecular flexibility index (Phi) is 3.09. The molecule has 3 heteroatoms. The second kappa shape index (κ2) is 3.73. The molecule has 12 heavy (non-hydrogen) atoms. The summed E-state index contributed by atoms with van der Waals surface area (Å²) in [5.74, 6) is 0. The van der Waals surface area contributed by atoms with E-state index >= 15 is 0 Å². The third kappa shape index (κ3) is 3.09. The minimum absolute atomic E-state index is 0.127. The summed E-state index contributed by atoms with van der Waals surface area (Å²) in [5.41, 5.74) is 0.280. The Bertz CT molecular complexity index is 142. The summed E-state index contributed by atoms with van der Waals surface area (Å²) in [6.07, 6.45) is 1.12. The summed E-state index contributed by atoms with van der Waals surface area (Å²) in [6.45, 7) is 7.36. The molecule has 1 rings (SSSR count). The van der Waals surface area contributed by atoms with Crippen molar-refractivity contribution in [2.24, 2.45) is 5.41 Å². The van der Waals surface area contributed by atoms with Crippen molar-refractivity contribution in [3.63, 3.8) is 0 Å². The zero-order valence-corrected chi connectivity index (χ0v) is 8.13. The van der Waals surface area contributed by atoms with Crippen LogP contribution in [-0.2, 0) is 4.74 Å². The molecule has 0 spiro atoms.